The summed E-state index contributed by atoms with van der Waals surface area (Å²) in [5.74, 6) is 0. The molecule has 0 unspecified atom stereocenters. The van der Waals surface area contributed by atoms with Gasteiger partial charge >= 0.3 is 7.69 Å². The Balaban J connectivity index is 0.000000236. The Kier molecular flexibility index (Phi) is 4.61. The molecule has 5 heteroatoms. The number of rotatable bonds is 0. The van der Waals surface area contributed by atoms with Crippen LogP contribution in [-0.4, -0.2) is 27.5 Å². The molecule has 0 bridgehead atoms. The van der Waals surface area contributed by atoms with Gasteiger partial charge in [0.2, 0.25) is 0 Å². The smallest absolute Gasteiger partial charge is 0.429 e. The van der Waals surface area contributed by atoms with Crippen LogP contribution < -0.4 is 0 Å². The van der Waals surface area contributed by atoms with E-state index in [4.69, 9.17) is 10.0 Å². The molecule has 0 atom stereocenters. The molecule has 0 saturated carbocycles. The number of aromatic nitrogens is 2. The van der Waals surface area contributed by atoms with Gasteiger partial charge in [-0.25, -0.2) is 0 Å². The second-order valence-corrected chi connectivity index (χ2v) is 1.71. The summed E-state index contributed by atoms with van der Waals surface area (Å²) in [4.78, 5) is 0. The monoisotopic (exact) mass is 141 g/mol. The third kappa shape index (κ3) is 3.27. The van der Waals surface area contributed by atoms with Crippen LogP contribution in [0, 0.1) is 6.92 Å². The van der Waals surface area contributed by atoms with E-state index in [9.17, 15) is 0 Å². The van der Waals surface area contributed by atoms with Crippen LogP contribution in [0.15, 0.2) is 12.3 Å². The van der Waals surface area contributed by atoms with Gasteiger partial charge in [0.05, 0.1) is 0 Å². The Labute approximate surface area is 60.4 Å². The van der Waals surface area contributed by atoms with Crippen LogP contribution in [0.5, 0.6) is 0 Å². The first-order valence-corrected chi connectivity index (χ1v) is 2.77. The standard InChI is InChI=1S/C5H8N2.BH2O2/c1-5-3-4-6-7(5)2;2-1-3/h3-4H,1-2H3;2-3H. The van der Waals surface area contributed by atoms with Gasteiger partial charge in [0, 0.05) is 18.9 Å². The average molecular weight is 141 g/mol. The molecule has 0 fully saturated rings. The summed E-state index contributed by atoms with van der Waals surface area (Å²) in [6.07, 6.45) is 1.79. The topological polar surface area (TPSA) is 58.3 Å². The lowest BCUT2D eigenvalue weighted by atomic mass is 10.5. The molecule has 0 aliphatic heterocycles. The van der Waals surface area contributed by atoms with Gasteiger partial charge < -0.3 is 10.0 Å². The van der Waals surface area contributed by atoms with Crippen LogP contribution in [-0.2, 0) is 7.05 Å². The van der Waals surface area contributed by atoms with Crippen molar-refractivity contribution < 1.29 is 10.0 Å². The van der Waals surface area contributed by atoms with Gasteiger partial charge in [-0.2, -0.15) is 5.10 Å². The first kappa shape index (κ1) is 9.19. The highest BCUT2D eigenvalue weighted by molar-refractivity contribution is 6.13. The Morgan fingerprint density at radius 2 is 2.10 bits per heavy atom. The second kappa shape index (κ2) is 5.02. The van der Waals surface area contributed by atoms with Gasteiger partial charge in [0.25, 0.3) is 0 Å². The van der Waals surface area contributed by atoms with E-state index in [2.05, 4.69) is 5.10 Å². The maximum absolute atomic E-state index is 7.00. The van der Waals surface area contributed by atoms with Crippen molar-refractivity contribution in [1.82, 2.24) is 9.78 Å². The van der Waals surface area contributed by atoms with E-state index >= 15 is 0 Å². The zero-order valence-corrected chi connectivity index (χ0v) is 6.02. The molecular formula is C5H10BN2O2. The van der Waals surface area contributed by atoms with Crippen molar-refractivity contribution in [2.45, 2.75) is 6.92 Å². The van der Waals surface area contributed by atoms with Crippen LogP contribution >= 0.6 is 0 Å². The average Bonchev–Trinajstić information content (AvgIpc) is 2.19. The molecule has 1 radical (unpaired) electrons. The quantitative estimate of drug-likeness (QED) is 0.466. The molecule has 0 amide bonds. The van der Waals surface area contributed by atoms with E-state index in [0.717, 1.165) is 0 Å². The zero-order valence-electron chi connectivity index (χ0n) is 6.02. The van der Waals surface area contributed by atoms with Gasteiger partial charge in [0.15, 0.2) is 0 Å². The molecule has 0 aliphatic carbocycles. The van der Waals surface area contributed by atoms with Crippen LogP contribution in [0.25, 0.3) is 0 Å². The summed E-state index contributed by atoms with van der Waals surface area (Å²) in [7, 11) is 1.93. The van der Waals surface area contributed by atoms with Crippen LogP contribution in [0.1, 0.15) is 5.69 Å². The first-order chi connectivity index (χ1) is 4.72. The number of hydrogen-bond acceptors (Lipinski definition) is 3. The molecule has 2 N–H and O–H groups in total. The molecular weight excluding hydrogens is 131 g/mol. The lowest BCUT2D eigenvalue weighted by molar-refractivity contribution is 0.448. The maximum atomic E-state index is 7.00. The minimum Gasteiger partial charge on any atom is -0.429 e. The highest BCUT2D eigenvalue weighted by atomic mass is 16.4. The van der Waals surface area contributed by atoms with Crippen LogP contribution in [0.3, 0.4) is 0 Å². The third-order valence-corrected chi connectivity index (χ3v) is 1.07. The molecule has 0 spiro atoms. The summed E-state index contributed by atoms with van der Waals surface area (Å²) in [5, 5.41) is 17.9. The number of nitrogens with zero attached hydrogens (tertiary/aromatic N) is 2. The fourth-order valence-corrected chi connectivity index (χ4v) is 0.440. The van der Waals surface area contributed by atoms with Crippen LogP contribution in [0.2, 0.25) is 0 Å². The largest absolute Gasteiger partial charge is 0.482 e. The van der Waals surface area contributed by atoms with Gasteiger partial charge in [-0.3, -0.25) is 4.68 Å². The molecule has 0 aliphatic rings. The maximum Gasteiger partial charge on any atom is 0.482 e. The Bertz CT molecular complexity index is 161. The Morgan fingerprint density at radius 1 is 1.60 bits per heavy atom. The van der Waals surface area contributed by atoms with Crippen molar-refractivity contribution in [3.63, 3.8) is 0 Å². The van der Waals surface area contributed by atoms with E-state index in [1.807, 2.05) is 24.7 Å². The van der Waals surface area contributed by atoms with E-state index < -0.39 is 0 Å². The lowest BCUT2D eigenvalue weighted by Gasteiger charge is -1.87. The van der Waals surface area contributed by atoms with Gasteiger partial charge in [-0.05, 0) is 13.0 Å². The number of hydrogen-bond donors (Lipinski definition) is 2. The minimum absolute atomic E-state index is 0. The zero-order chi connectivity index (χ0) is 7.98. The fourth-order valence-electron chi connectivity index (χ4n) is 0.440. The SMILES string of the molecule is Cc1ccnn1C.O[B]O. The van der Waals surface area contributed by atoms with E-state index in [1.165, 1.54) is 5.69 Å². The summed E-state index contributed by atoms with van der Waals surface area (Å²) in [5.41, 5.74) is 1.19. The molecule has 0 saturated heterocycles. The summed E-state index contributed by atoms with van der Waals surface area (Å²) in [6.45, 7) is 2.02. The predicted molar refractivity (Wildman–Crippen MR) is 38.1 cm³/mol. The third-order valence-electron chi connectivity index (χ3n) is 1.07. The van der Waals surface area contributed by atoms with Gasteiger partial charge in [-0.15, -0.1) is 0 Å². The van der Waals surface area contributed by atoms with Crippen molar-refractivity contribution in [2.75, 3.05) is 0 Å². The Hall–Kier alpha value is -0.805. The molecule has 1 aromatic heterocycles. The van der Waals surface area contributed by atoms with Crippen molar-refractivity contribution in [3.05, 3.63) is 18.0 Å². The predicted octanol–water partition coefficient (Wildman–Crippen LogP) is -0.766. The molecule has 1 rings (SSSR count). The van der Waals surface area contributed by atoms with Crippen molar-refractivity contribution in [3.8, 4) is 0 Å². The molecule has 4 nitrogen and oxygen atoms in total. The highest BCUT2D eigenvalue weighted by Gasteiger charge is 1.83. The molecule has 1 heterocycles. The number of aryl methyl sites for hydroxylation is 2. The minimum atomic E-state index is 0. The normalized spacial score (nSPS) is 8.00. The summed E-state index contributed by atoms with van der Waals surface area (Å²) in [6, 6.07) is 1.97. The van der Waals surface area contributed by atoms with Crippen LogP contribution in [0.4, 0.5) is 0 Å². The molecule has 55 valence electrons. The van der Waals surface area contributed by atoms with E-state index in [0.29, 0.717) is 0 Å². The molecule has 1 aromatic rings. The van der Waals surface area contributed by atoms with Crippen molar-refractivity contribution >= 4 is 7.69 Å². The summed E-state index contributed by atoms with van der Waals surface area (Å²) >= 11 is 0. The van der Waals surface area contributed by atoms with Crippen molar-refractivity contribution in [2.24, 2.45) is 7.05 Å². The lowest BCUT2D eigenvalue weighted by Crippen LogP contribution is -1.90. The van der Waals surface area contributed by atoms with E-state index in [-0.39, 0.29) is 7.69 Å². The molecule has 0 aromatic carbocycles. The first-order valence-electron chi connectivity index (χ1n) is 2.77. The van der Waals surface area contributed by atoms with Crippen molar-refractivity contribution in [1.29, 1.82) is 0 Å². The summed E-state index contributed by atoms with van der Waals surface area (Å²) < 4.78 is 1.83. The highest BCUT2D eigenvalue weighted by Crippen LogP contribution is 1.88. The second-order valence-electron chi connectivity index (χ2n) is 1.71. The fraction of sp³-hybridized carbons (Fsp3) is 0.400. The molecule has 10 heavy (non-hydrogen) atoms. The van der Waals surface area contributed by atoms with Gasteiger partial charge in [-0.1, -0.05) is 0 Å². The van der Waals surface area contributed by atoms with E-state index in [1.54, 1.807) is 6.20 Å². The van der Waals surface area contributed by atoms with Gasteiger partial charge in [0.1, 0.15) is 0 Å². The Morgan fingerprint density at radius 3 is 2.20 bits per heavy atom.